The van der Waals surface area contributed by atoms with Crippen LogP contribution in [0.1, 0.15) is 22.3 Å². The SMILES string of the molecule is Cc1cccc(COc2cccc(CNCc3ccc(F)cc3)c2)c1. The molecule has 0 fully saturated rings. The smallest absolute Gasteiger partial charge is 0.123 e. The first-order valence-corrected chi connectivity index (χ1v) is 8.41. The number of hydrogen-bond acceptors (Lipinski definition) is 2. The molecule has 0 aliphatic carbocycles. The topological polar surface area (TPSA) is 21.3 Å². The van der Waals surface area contributed by atoms with Crippen molar-refractivity contribution in [3.63, 3.8) is 0 Å². The Kier molecular flexibility index (Phi) is 5.81. The Morgan fingerprint density at radius 3 is 2.32 bits per heavy atom. The van der Waals surface area contributed by atoms with Gasteiger partial charge in [0.2, 0.25) is 0 Å². The highest BCUT2D eigenvalue weighted by atomic mass is 19.1. The second-order valence-electron chi connectivity index (χ2n) is 6.16. The molecule has 2 nitrogen and oxygen atoms in total. The van der Waals surface area contributed by atoms with Crippen LogP contribution in [0.2, 0.25) is 0 Å². The van der Waals surface area contributed by atoms with Gasteiger partial charge in [-0.2, -0.15) is 0 Å². The van der Waals surface area contributed by atoms with E-state index in [1.54, 1.807) is 12.1 Å². The molecule has 0 bridgehead atoms. The van der Waals surface area contributed by atoms with Gasteiger partial charge in [-0.25, -0.2) is 4.39 Å². The van der Waals surface area contributed by atoms with Gasteiger partial charge < -0.3 is 10.1 Å². The molecule has 0 saturated heterocycles. The molecule has 0 aliphatic heterocycles. The second kappa shape index (κ2) is 8.45. The van der Waals surface area contributed by atoms with Crippen molar-refractivity contribution in [1.82, 2.24) is 5.32 Å². The van der Waals surface area contributed by atoms with E-state index in [0.717, 1.165) is 23.4 Å². The fourth-order valence-corrected chi connectivity index (χ4v) is 2.67. The molecule has 0 heterocycles. The van der Waals surface area contributed by atoms with E-state index in [9.17, 15) is 4.39 Å². The summed E-state index contributed by atoms with van der Waals surface area (Å²) in [5, 5.41) is 3.37. The molecule has 3 heteroatoms. The molecule has 0 aliphatic rings. The average molecular weight is 335 g/mol. The van der Waals surface area contributed by atoms with Gasteiger partial charge in [0.15, 0.2) is 0 Å². The Labute approximate surface area is 148 Å². The quantitative estimate of drug-likeness (QED) is 0.656. The predicted molar refractivity (Wildman–Crippen MR) is 98.9 cm³/mol. The van der Waals surface area contributed by atoms with Gasteiger partial charge in [-0.05, 0) is 47.9 Å². The first-order valence-electron chi connectivity index (χ1n) is 8.41. The highest BCUT2D eigenvalue weighted by molar-refractivity contribution is 5.29. The van der Waals surface area contributed by atoms with E-state index in [0.29, 0.717) is 13.2 Å². The second-order valence-corrected chi connectivity index (χ2v) is 6.16. The molecule has 3 aromatic carbocycles. The molecule has 0 unspecified atom stereocenters. The highest BCUT2D eigenvalue weighted by Crippen LogP contribution is 2.16. The summed E-state index contributed by atoms with van der Waals surface area (Å²) in [5.74, 6) is 0.657. The summed E-state index contributed by atoms with van der Waals surface area (Å²) < 4.78 is 18.8. The summed E-state index contributed by atoms with van der Waals surface area (Å²) in [7, 11) is 0. The highest BCUT2D eigenvalue weighted by Gasteiger charge is 2.00. The fourth-order valence-electron chi connectivity index (χ4n) is 2.67. The normalized spacial score (nSPS) is 10.6. The largest absolute Gasteiger partial charge is 0.489 e. The maximum atomic E-state index is 12.9. The maximum absolute atomic E-state index is 12.9. The Hall–Kier alpha value is -2.65. The number of ether oxygens (including phenoxy) is 1. The van der Waals surface area contributed by atoms with Crippen LogP contribution in [0.15, 0.2) is 72.8 Å². The molecule has 1 N–H and O–H groups in total. The summed E-state index contributed by atoms with van der Waals surface area (Å²) in [6.45, 7) is 4.08. The lowest BCUT2D eigenvalue weighted by Crippen LogP contribution is -2.12. The van der Waals surface area contributed by atoms with Crippen LogP contribution in [0.4, 0.5) is 4.39 Å². The van der Waals surface area contributed by atoms with Crippen molar-refractivity contribution < 1.29 is 9.13 Å². The van der Waals surface area contributed by atoms with Gasteiger partial charge in [-0.3, -0.25) is 0 Å². The van der Waals surface area contributed by atoms with Crippen LogP contribution in [0, 0.1) is 12.7 Å². The third kappa shape index (κ3) is 5.44. The maximum Gasteiger partial charge on any atom is 0.123 e. The van der Waals surface area contributed by atoms with E-state index in [4.69, 9.17) is 4.74 Å². The molecule has 3 rings (SSSR count). The molecule has 0 aromatic heterocycles. The fraction of sp³-hybridized carbons (Fsp3) is 0.182. The third-order valence-corrected chi connectivity index (χ3v) is 3.96. The van der Waals surface area contributed by atoms with E-state index in [-0.39, 0.29) is 5.82 Å². The van der Waals surface area contributed by atoms with Gasteiger partial charge in [-0.15, -0.1) is 0 Å². The average Bonchev–Trinajstić information content (AvgIpc) is 2.62. The van der Waals surface area contributed by atoms with Crippen LogP contribution in [0.25, 0.3) is 0 Å². The van der Waals surface area contributed by atoms with Crippen molar-refractivity contribution in [3.05, 3.63) is 101 Å². The molecule has 0 amide bonds. The number of halogens is 1. The summed E-state index contributed by atoms with van der Waals surface area (Å²) in [6.07, 6.45) is 0. The minimum atomic E-state index is -0.206. The van der Waals surface area contributed by atoms with E-state index < -0.39 is 0 Å². The molecule has 0 atom stereocenters. The molecule has 0 radical (unpaired) electrons. The Balaban J connectivity index is 1.51. The minimum Gasteiger partial charge on any atom is -0.489 e. The van der Waals surface area contributed by atoms with Crippen molar-refractivity contribution in [3.8, 4) is 5.75 Å². The lowest BCUT2D eigenvalue weighted by Gasteiger charge is -2.10. The molecule has 3 aromatic rings. The predicted octanol–water partition coefficient (Wildman–Crippen LogP) is 5.00. The summed E-state index contributed by atoms with van der Waals surface area (Å²) >= 11 is 0. The van der Waals surface area contributed by atoms with Crippen molar-refractivity contribution in [2.45, 2.75) is 26.6 Å². The van der Waals surface area contributed by atoms with Crippen LogP contribution in [-0.2, 0) is 19.7 Å². The van der Waals surface area contributed by atoms with Crippen LogP contribution in [-0.4, -0.2) is 0 Å². The van der Waals surface area contributed by atoms with E-state index in [2.05, 4.69) is 36.5 Å². The van der Waals surface area contributed by atoms with Gasteiger partial charge in [0.1, 0.15) is 18.2 Å². The summed E-state index contributed by atoms with van der Waals surface area (Å²) in [5.41, 5.74) is 4.62. The van der Waals surface area contributed by atoms with Crippen LogP contribution >= 0.6 is 0 Å². The molecular formula is C22H22FNO. The zero-order valence-corrected chi connectivity index (χ0v) is 14.3. The number of aryl methyl sites for hydroxylation is 1. The molecule has 0 saturated carbocycles. The van der Waals surface area contributed by atoms with Gasteiger partial charge in [0.25, 0.3) is 0 Å². The Morgan fingerprint density at radius 2 is 1.52 bits per heavy atom. The molecule has 128 valence electrons. The minimum absolute atomic E-state index is 0.206. The summed E-state index contributed by atoms with van der Waals surface area (Å²) in [6, 6.07) is 23.0. The van der Waals surface area contributed by atoms with Gasteiger partial charge >= 0.3 is 0 Å². The lowest BCUT2D eigenvalue weighted by molar-refractivity contribution is 0.306. The van der Waals surface area contributed by atoms with Gasteiger partial charge in [-0.1, -0.05) is 54.1 Å². The first-order chi connectivity index (χ1) is 12.2. The monoisotopic (exact) mass is 335 g/mol. The number of nitrogens with one attached hydrogen (secondary N) is 1. The zero-order chi connectivity index (χ0) is 17.5. The van der Waals surface area contributed by atoms with E-state index >= 15 is 0 Å². The van der Waals surface area contributed by atoms with Crippen LogP contribution in [0.3, 0.4) is 0 Å². The van der Waals surface area contributed by atoms with Crippen LogP contribution < -0.4 is 10.1 Å². The Morgan fingerprint density at radius 1 is 0.800 bits per heavy atom. The number of benzene rings is 3. The van der Waals surface area contributed by atoms with Crippen molar-refractivity contribution >= 4 is 0 Å². The van der Waals surface area contributed by atoms with Gasteiger partial charge in [0, 0.05) is 13.1 Å². The van der Waals surface area contributed by atoms with Gasteiger partial charge in [0.05, 0.1) is 0 Å². The van der Waals surface area contributed by atoms with E-state index in [1.165, 1.54) is 23.3 Å². The standard InChI is InChI=1S/C22H22FNO/c1-17-4-2-6-20(12-17)16-25-22-7-3-5-19(13-22)15-24-14-18-8-10-21(23)11-9-18/h2-13,24H,14-16H2,1H3. The summed E-state index contributed by atoms with van der Waals surface area (Å²) in [4.78, 5) is 0. The number of hydrogen-bond donors (Lipinski definition) is 1. The van der Waals surface area contributed by atoms with Crippen LogP contribution in [0.5, 0.6) is 5.75 Å². The van der Waals surface area contributed by atoms with Crippen molar-refractivity contribution in [1.29, 1.82) is 0 Å². The number of rotatable bonds is 7. The lowest BCUT2D eigenvalue weighted by atomic mass is 10.1. The zero-order valence-electron chi connectivity index (χ0n) is 14.3. The molecule has 25 heavy (non-hydrogen) atoms. The molecule has 0 spiro atoms. The molecular weight excluding hydrogens is 313 g/mol. The Bertz CT molecular complexity index is 814. The van der Waals surface area contributed by atoms with Crippen molar-refractivity contribution in [2.24, 2.45) is 0 Å². The van der Waals surface area contributed by atoms with E-state index in [1.807, 2.05) is 24.3 Å². The third-order valence-electron chi connectivity index (χ3n) is 3.96. The first kappa shape index (κ1) is 17.2. The van der Waals surface area contributed by atoms with Crippen molar-refractivity contribution in [2.75, 3.05) is 0 Å².